The van der Waals surface area contributed by atoms with Crippen molar-refractivity contribution in [1.82, 2.24) is 15.1 Å². The number of methoxy groups -OCH3 is 1. The fourth-order valence-corrected chi connectivity index (χ4v) is 2.75. The molecule has 1 fully saturated rings. The number of nitrogens with zero attached hydrogens (tertiary/aromatic N) is 2. The summed E-state index contributed by atoms with van der Waals surface area (Å²) in [4.78, 5) is 4.97. The van der Waals surface area contributed by atoms with Gasteiger partial charge in [0.15, 0.2) is 0 Å². The van der Waals surface area contributed by atoms with Crippen LogP contribution in [0.5, 0.6) is 0 Å². The number of rotatable bonds is 8. The molecule has 4 heteroatoms. The highest BCUT2D eigenvalue weighted by Crippen LogP contribution is 2.09. The monoisotopic (exact) mass is 291 g/mol. The van der Waals surface area contributed by atoms with Gasteiger partial charge < -0.3 is 19.9 Å². The average molecular weight is 291 g/mol. The Morgan fingerprint density at radius 3 is 2.52 bits per heavy atom. The predicted octanol–water partition coefficient (Wildman–Crippen LogP) is 1.56. The van der Waals surface area contributed by atoms with Crippen molar-refractivity contribution < 1.29 is 4.74 Å². The van der Waals surface area contributed by atoms with Crippen molar-refractivity contribution in [2.75, 3.05) is 53.4 Å². The Balaban J connectivity index is 1.61. The molecule has 118 valence electrons. The summed E-state index contributed by atoms with van der Waals surface area (Å²) >= 11 is 0. The lowest BCUT2D eigenvalue weighted by atomic mass is 10.1. The minimum atomic E-state index is 0.694. The summed E-state index contributed by atoms with van der Waals surface area (Å²) in [6.07, 6.45) is 1.22. The molecule has 0 atom stereocenters. The number of benzene rings is 1. The van der Waals surface area contributed by atoms with Crippen LogP contribution in [0.1, 0.15) is 17.5 Å². The Hall–Kier alpha value is -0.940. The zero-order chi connectivity index (χ0) is 14.9. The van der Waals surface area contributed by atoms with Crippen LogP contribution < -0.4 is 5.32 Å². The summed E-state index contributed by atoms with van der Waals surface area (Å²) in [5.41, 5.74) is 2.63. The topological polar surface area (TPSA) is 27.7 Å². The molecule has 0 unspecified atom stereocenters. The van der Waals surface area contributed by atoms with Crippen LogP contribution in [0.3, 0.4) is 0 Å². The Morgan fingerprint density at radius 2 is 1.81 bits per heavy atom. The molecule has 0 spiro atoms. The lowest BCUT2D eigenvalue weighted by Gasteiger charge is -2.32. The summed E-state index contributed by atoms with van der Waals surface area (Å²) in [6.45, 7) is 8.76. The molecular formula is C17H29N3O. The van der Waals surface area contributed by atoms with Gasteiger partial charge in [-0.15, -0.1) is 0 Å². The van der Waals surface area contributed by atoms with Gasteiger partial charge in [-0.25, -0.2) is 0 Å². The van der Waals surface area contributed by atoms with E-state index in [1.807, 2.05) is 0 Å². The number of hydrogen-bond donors (Lipinski definition) is 1. The molecule has 1 aromatic carbocycles. The molecule has 1 N–H and O–H groups in total. The van der Waals surface area contributed by atoms with Crippen LogP contribution in [-0.4, -0.2) is 63.2 Å². The van der Waals surface area contributed by atoms with Gasteiger partial charge in [0.1, 0.15) is 0 Å². The largest absolute Gasteiger partial charge is 0.380 e. The first kappa shape index (κ1) is 16.4. The molecule has 1 aliphatic heterocycles. The number of ether oxygens (including phenoxy) is 1. The van der Waals surface area contributed by atoms with Gasteiger partial charge in [0.25, 0.3) is 0 Å². The summed E-state index contributed by atoms with van der Waals surface area (Å²) in [5, 5.41) is 3.56. The normalized spacial score (nSPS) is 17.2. The van der Waals surface area contributed by atoms with E-state index in [0.29, 0.717) is 6.61 Å². The van der Waals surface area contributed by atoms with Crippen molar-refractivity contribution in [2.24, 2.45) is 0 Å². The van der Waals surface area contributed by atoms with E-state index in [9.17, 15) is 0 Å². The van der Waals surface area contributed by atoms with Crippen molar-refractivity contribution in [1.29, 1.82) is 0 Å². The van der Waals surface area contributed by atoms with E-state index in [0.717, 1.165) is 13.1 Å². The second-order valence-corrected chi connectivity index (χ2v) is 5.88. The van der Waals surface area contributed by atoms with E-state index in [1.54, 1.807) is 7.11 Å². The number of likely N-dealkylation sites (N-methyl/N-ethyl adjacent to an activating group) is 1. The standard InChI is InChI=1S/C17H29N3O/c1-19-10-12-20(13-11-19)9-5-8-18-14-16-6-3-4-7-17(16)15-21-2/h3-4,6-7,18H,5,8-15H2,1-2H3. The third kappa shape index (κ3) is 5.75. The van der Waals surface area contributed by atoms with E-state index in [4.69, 9.17) is 4.74 Å². The van der Waals surface area contributed by atoms with Crippen LogP contribution >= 0.6 is 0 Å². The molecule has 0 bridgehead atoms. The van der Waals surface area contributed by atoms with E-state index in [1.165, 1.54) is 50.3 Å². The first-order chi connectivity index (χ1) is 10.3. The quantitative estimate of drug-likeness (QED) is 0.736. The van der Waals surface area contributed by atoms with Crippen LogP contribution in [-0.2, 0) is 17.9 Å². The minimum absolute atomic E-state index is 0.694. The van der Waals surface area contributed by atoms with Gasteiger partial charge in [-0.2, -0.15) is 0 Å². The van der Waals surface area contributed by atoms with Crippen LogP contribution in [0, 0.1) is 0 Å². The molecule has 4 nitrogen and oxygen atoms in total. The van der Waals surface area contributed by atoms with Crippen LogP contribution in [0.4, 0.5) is 0 Å². The second-order valence-electron chi connectivity index (χ2n) is 5.88. The van der Waals surface area contributed by atoms with Crippen LogP contribution in [0.25, 0.3) is 0 Å². The number of nitrogens with one attached hydrogen (secondary N) is 1. The van der Waals surface area contributed by atoms with Gasteiger partial charge in [0.05, 0.1) is 6.61 Å². The molecule has 21 heavy (non-hydrogen) atoms. The number of hydrogen-bond acceptors (Lipinski definition) is 4. The average Bonchev–Trinajstić information content (AvgIpc) is 2.51. The fraction of sp³-hybridized carbons (Fsp3) is 0.647. The molecule has 0 aliphatic carbocycles. The molecule has 1 saturated heterocycles. The van der Waals surface area contributed by atoms with Crippen molar-refractivity contribution >= 4 is 0 Å². The Morgan fingerprint density at radius 1 is 1.10 bits per heavy atom. The van der Waals surface area contributed by atoms with E-state index >= 15 is 0 Å². The highest BCUT2D eigenvalue weighted by molar-refractivity contribution is 5.26. The third-order valence-corrected chi connectivity index (χ3v) is 4.16. The van der Waals surface area contributed by atoms with Gasteiger partial charge >= 0.3 is 0 Å². The lowest BCUT2D eigenvalue weighted by molar-refractivity contribution is 0.152. The van der Waals surface area contributed by atoms with Gasteiger partial charge in [0.2, 0.25) is 0 Å². The third-order valence-electron chi connectivity index (χ3n) is 4.16. The SMILES string of the molecule is COCc1ccccc1CNCCCN1CCN(C)CC1. The van der Waals surface area contributed by atoms with Crippen molar-refractivity contribution in [2.45, 2.75) is 19.6 Å². The van der Waals surface area contributed by atoms with Gasteiger partial charge in [-0.05, 0) is 37.7 Å². The van der Waals surface area contributed by atoms with E-state index in [-0.39, 0.29) is 0 Å². The van der Waals surface area contributed by atoms with E-state index in [2.05, 4.69) is 46.4 Å². The summed E-state index contributed by atoms with van der Waals surface area (Å²) < 4.78 is 5.25. The smallest absolute Gasteiger partial charge is 0.0716 e. The van der Waals surface area contributed by atoms with Gasteiger partial charge in [-0.1, -0.05) is 24.3 Å². The molecule has 0 radical (unpaired) electrons. The zero-order valence-electron chi connectivity index (χ0n) is 13.5. The minimum Gasteiger partial charge on any atom is -0.380 e. The molecule has 0 amide bonds. The fourth-order valence-electron chi connectivity index (χ4n) is 2.75. The van der Waals surface area contributed by atoms with Crippen molar-refractivity contribution in [3.8, 4) is 0 Å². The zero-order valence-corrected chi connectivity index (χ0v) is 13.5. The number of piperazine rings is 1. The molecule has 1 heterocycles. The second kappa shape index (κ2) is 9.15. The maximum absolute atomic E-state index is 5.25. The van der Waals surface area contributed by atoms with Crippen molar-refractivity contribution in [3.05, 3.63) is 35.4 Å². The molecule has 2 rings (SSSR count). The summed E-state index contributed by atoms with van der Waals surface area (Å²) in [6, 6.07) is 8.50. The van der Waals surface area contributed by atoms with Gasteiger partial charge in [-0.3, -0.25) is 0 Å². The van der Waals surface area contributed by atoms with Crippen molar-refractivity contribution in [3.63, 3.8) is 0 Å². The van der Waals surface area contributed by atoms with Crippen LogP contribution in [0.2, 0.25) is 0 Å². The highest BCUT2D eigenvalue weighted by atomic mass is 16.5. The highest BCUT2D eigenvalue weighted by Gasteiger charge is 2.12. The molecule has 0 aromatic heterocycles. The lowest BCUT2D eigenvalue weighted by Crippen LogP contribution is -2.45. The molecular weight excluding hydrogens is 262 g/mol. The molecule has 1 aromatic rings. The van der Waals surface area contributed by atoms with E-state index < -0.39 is 0 Å². The maximum Gasteiger partial charge on any atom is 0.0716 e. The first-order valence-electron chi connectivity index (χ1n) is 7.97. The molecule has 0 saturated carbocycles. The Labute approximate surface area is 129 Å². The van der Waals surface area contributed by atoms with Gasteiger partial charge in [0, 0.05) is 39.8 Å². The molecule has 1 aliphatic rings. The van der Waals surface area contributed by atoms with Crippen LogP contribution in [0.15, 0.2) is 24.3 Å². The summed E-state index contributed by atoms with van der Waals surface area (Å²) in [7, 11) is 3.95. The Kier molecular flexibility index (Phi) is 7.16. The summed E-state index contributed by atoms with van der Waals surface area (Å²) in [5.74, 6) is 0. The predicted molar refractivity (Wildman–Crippen MR) is 87.4 cm³/mol. The maximum atomic E-state index is 5.25. The first-order valence-corrected chi connectivity index (χ1v) is 7.97. The Bertz CT molecular complexity index is 403.